The number of nitrogens with zero attached hydrogens (tertiary/aromatic N) is 3. The molecule has 5 heteroatoms. The number of aliphatic imine (C=N–C) groups is 1. The largest absolute Gasteiger partial charge is 0.356 e. The number of hydrogen-bond donors (Lipinski definition) is 2. The van der Waals surface area contributed by atoms with Crippen LogP contribution in [0.5, 0.6) is 0 Å². The highest BCUT2D eigenvalue weighted by molar-refractivity contribution is 5.79. The molecule has 2 N–H and O–H groups in total. The van der Waals surface area contributed by atoms with Gasteiger partial charge in [0.2, 0.25) is 0 Å². The lowest BCUT2D eigenvalue weighted by atomic mass is 10.2. The molecule has 1 aromatic carbocycles. The van der Waals surface area contributed by atoms with Crippen molar-refractivity contribution in [2.24, 2.45) is 10.9 Å². The van der Waals surface area contributed by atoms with E-state index >= 15 is 0 Å². The number of guanidine groups is 1. The monoisotopic (exact) mass is 357 g/mol. The summed E-state index contributed by atoms with van der Waals surface area (Å²) in [5.41, 5.74) is 1.43. The second-order valence-electron chi connectivity index (χ2n) is 7.63. The van der Waals surface area contributed by atoms with Gasteiger partial charge in [0.05, 0.1) is 0 Å². The summed E-state index contributed by atoms with van der Waals surface area (Å²) in [6, 6.07) is 10.8. The second-order valence-corrected chi connectivity index (χ2v) is 7.63. The Bertz CT molecular complexity index is 533. The van der Waals surface area contributed by atoms with Crippen LogP contribution in [0.4, 0.5) is 0 Å². The van der Waals surface area contributed by atoms with Gasteiger partial charge in [0.25, 0.3) is 0 Å². The Morgan fingerprint density at radius 1 is 1.00 bits per heavy atom. The Morgan fingerprint density at radius 3 is 2.42 bits per heavy atom. The Morgan fingerprint density at radius 2 is 1.73 bits per heavy atom. The van der Waals surface area contributed by atoms with Crippen LogP contribution < -0.4 is 10.6 Å². The first-order chi connectivity index (χ1) is 12.8. The van der Waals surface area contributed by atoms with Gasteiger partial charge in [-0.2, -0.15) is 0 Å². The standard InChI is InChI=1S/C21H35N5/c1-22-21(24-17-19-9-10-19)23-11-5-6-12-25-13-15-26(16-14-25)18-20-7-3-2-4-8-20/h2-4,7-8,19H,5-6,9-18H2,1H3,(H2,22,23,24). The van der Waals surface area contributed by atoms with Crippen LogP contribution in [-0.2, 0) is 6.54 Å². The molecule has 0 aromatic heterocycles. The summed E-state index contributed by atoms with van der Waals surface area (Å²) in [7, 11) is 1.86. The average Bonchev–Trinajstić information content (AvgIpc) is 3.50. The molecule has 1 aliphatic heterocycles. The number of rotatable bonds is 9. The molecule has 2 fully saturated rings. The maximum atomic E-state index is 4.30. The van der Waals surface area contributed by atoms with Crippen molar-refractivity contribution in [2.75, 3.05) is 52.9 Å². The predicted molar refractivity (Wildman–Crippen MR) is 109 cm³/mol. The van der Waals surface area contributed by atoms with E-state index in [2.05, 4.69) is 55.8 Å². The zero-order chi connectivity index (χ0) is 18.0. The highest BCUT2D eigenvalue weighted by atomic mass is 15.3. The number of benzene rings is 1. The zero-order valence-electron chi connectivity index (χ0n) is 16.3. The van der Waals surface area contributed by atoms with Crippen molar-refractivity contribution in [3.8, 4) is 0 Å². The number of unbranched alkanes of at least 4 members (excludes halogenated alkanes) is 1. The molecule has 5 nitrogen and oxygen atoms in total. The molecule has 1 aliphatic carbocycles. The highest BCUT2D eigenvalue weighted by Crippen LogP contribution is 2.27. The van der Waals surface area contributed by atoms with Crippen LogP contribution in [0.25, 0.3) is 0 Å². The van der Waals surface area contributed by atoms with Crippen molar-refractivity contribution in [3.05, 3.63) is 35.9 Å². The smallest absolute Gasteiger partial charge is 0.190 e. The van der Waals surface area contributed by atoms with E-state index in [1.165, 1.54) is 64.0 Å². The number of hydrogen-bond acceptors (Lipinski definition) is 3. The molecular weight excluding hydrogens is 322 g/mol. The van der Waals surface area contributed by atoms with E-state index in [0.29, 0.717) is 0 Å². The van der Waals surface area contributed by atoms with Gasteiger partial charge < -0.3 is 15.5 Å². The van der Waals surface area contributed by atoms with E-state index < -0.39 is 0 Å². The summed E-state index contributed by atoms with van der Waals surface area (Å²) in [5.74, 6) is 1.85. The maximum absolute atomic E-state index is 4.30. The minimum Gasteiger partial charge on any atom is -0.356 e. The molecule has 1 saturated heterocycles. The lowest BCUT2D eigenvalue weighted by molar-refractivity contribution is 0.126. The summed E-state index contributed by atoms with van der Waals surface area (Å²) in [4.78, 5) is 9.48. The van der Waals surface area contributed by atoms with Crippen molar-refractivity contribution in [1.29, 1.82) is 0 Å². The second kappa shape index (κ2) is 10.5. The molecule has 1 heterocycles. The summed E-state index contributed by atoms with van der Waals surface area (Å²) >= 11 is 0. The van der Waals surface area contributed by atoms with E-state index in [9.17, 15) is 0 Å². The van der Waals surface area contributed by atoms with Gasteiger partial charge >= 0.3 is 0 Å². The Hall–Kier alpha value is -1.59. The third-order valence-electron chi connectivity index (χ3n) is 5.39. The lowest BCUT2D eigenvalue weighted by Gasteiger charge is -2.34. The molecule has 0 radical (unpaired) electrons. The van der Waals surface area contributed by atoms with Crippen LogP contribution in [0.1, 0.15) is 31.2 Å². The fourth-order valence-electron chi connectivity index (χ4n) is 3.46. The van der Waals surface area contributed by atoms with Crippen molar-refractivity contribution in [2.45, 2.75) is 32.2 Å². The van der Waals surface area contributed by atoms with E-state index in [-0.39, 0.29) is 0 Å². The molecule has 0 atom stereocenters. The van der Waals surface area contributed by atoms with Crippen LogP contribution in [0.15, 0.2) is 35.3 Å². The van der Waals surface area contributed by atoms with Crippen LogP contribution in [0.3, 0.4) is 0 Å². The molecule has 1 aromatic rings. The Labute approximate surface area is 158 Å². The first kappa shape index (κ1) is 19.2. The van der Waals surface area contributed by atoms with Gasteiger partial charge in [-0.25, -0.2) is 0 Å². The van der Waals surface area contributed by atoms with Crippen LogP contribution >= 0.6 is 0 Å². The van der Waals surface area contributed by atoms with Crippen molar-refractivity contribution in [3.63, 3.8) is 0 Å². The number of nitrogens with one attached hydrogen (secondary N) is 2. The van der Waals surface area contributed by atoms with Crippen LogP contribution in [0.2, 0.25) is 0 Å². The minimum atomic E-state index is 0.883. The zero-order valence-corrected chi connectivity index (χ0v) is 16.3. The fraction of sp³-hybridized carbons (Fsp3) is 0.667. The number of piperazine rings is 1. The fourth-order valence-corrected chi connectivity index (χ4v) is 3.46. The van der Waals surface area contributed by atoms with E-state index in [1.54, 1.807) is 0 Å². The van der Waals surface area contributed by atoms with Gasteiger partial charge in [0.15, 0.2) is 5.96 Å². The Kier molecular flexibility index (Phi) is 7.77. The SMILES string of the molecule is CN=C(NCCCCN1CCN(Cc2ccccc2)CC1)NCC1CC1. The molecule has 144 valence electrons. The summed E-state index contributed by atoms with van der Waals surface area (Å²) < 4.78 is 0. The summed E-state index contributed by atoms with van der Waals surface area (Å²) in [5, 5.41) is 6.86. The normalized spacial score (nSPS) is 19.5. The molecule has 26 heavy (non-hydrogen) atoms. The molecule has 3 rings (SSSR count). The quantitative estimate of drug-likeness (QED) is 0.404. The van der Waals surface area contributed by atoms with Gasteiger partial charge in [-0.3, -0.25) is 9.89 Å². The van der Waals surface area contributed by atoms with Crippen LogP contribution in [-0.4, -0.2) is 68.6 Å². The first-order valence-electron chi connectivity index (χ1n) is 10.3. The van der Waals surface area contributed by atoms with Crippen molar-refractivity contribution in [1.82, 2.24) is 20.4 Å². The molecule has 1 saturated carbocycles. The van der Waals surface area contributed by atoms with Crippen molar-refractivity contribution >= 4 is 5.96 Å². The highest BCUT2D eigenvalue weighted by Gasteiger charge is 2.21. The molecule has 0 bridgehead atoms. The summed E-state index contributed by atoms with van der Waals surface area (Å²) in [6.45, 7) is 9.16. The lowest BCUT2D eigenvalue weighted by Crippen LogP contribution is -2.46. The Balaban J connectivity index is 1.21. The van der Waals surface area contributed by atoms with Gasteiger partial charge in [-0.1, -0.05) is 30.3 Å². The van der Waals surface area contributed by atoms with Gasteiger partial charge in [-0.05, 0) is 43.7 Å². The minimum absolute atomic E-state index is 0.883. The molecule has 0 spiro atoms. The van der Waals surface area contributed by atoms with E-state index in [1.807, 2.05) is 7.05 Å². The topological polar surface area (TPSA) is 42.9 Å². The first-order valence-corrected chi connectivity index (χ1v) is 10.3. The van der Waals surface area contributed by atoms with Crippen molar-refractivity contribution < 1.29 is 0 Å². The van der Waals surface area contributed by atoms with Gasteiger partial charge in [-0.15, -0.1) is 0 Å². The van der Waals surface area contributed by atoms with Gasteiger partial charge in [0.1, 0.15) is 0 Å². The van der Waals surface area contributed by atoms with Gasteiger partial charge in [0, 0.05) is 52.9 Å². The molecule has 0 amide bonds. The third kappa shape index (κ3) is 6.96. The molecular formula is C21H35N5. The van der Waals surface area contributed by atoms with E-state index in [4.69, 9.17) is 0 Å². The third-order valence-corrected chi connectivity index (χ3v) is 5.39. The average molecular weight is 358 g/mol. The van der Waals surface area contributed by atoms with E-state index in [0.717, 1.165) is 31.5 Å². The maximum Gasteiger partial charge on any atom is 0.190 e. The summed E-state index contributed by atoms with van der Waals surface area (Å²) in [6.07, 6.45) is 5.21. The predicted octanol–water partition coefficient (Wildman–Crippen LogP) is 2.16. The van der Waals surface area contributed by atoms with Crippen LogP contribution in [0, 0.1) is 5.92 Å². The molecule has 0 unspecified atom stereocenters. The molecule has 2 aliphatic rings.